The molecule has 1 N–H and O–H groups in total. The minimum Gasteiger partial charge on any atom is -0.353 e. The van der Waals surface area contributed by atoms with Gasteiger partial charge in [-0.25, -0.2) is 4.52 Å². The quantitative estimate of drug-likeness (QED) is 0.855. The first-order valence-electron chi connectivity index (χ1n) is 5.89. The molecule has 0 spiro atoms. The zero-order valence-corrected chi connectivity index (χ0v) is 9.48. The molecule has 2 heterocycles. The van der Waals surface area contributed by atoms with Crippen LogP contribution in [0.5, 0.6) is 0 Å². The number of nitrogens with one attached hydrogen (secondary N) is 1. The van der Waals surface area contributed by atoms with Gasteiger partial charge in [0.25, 0.3) is 0 Å². The summed E-state index contributed by atoms with van der Waals surface area (Å²) in [5.74, 6) is 1.58. The van der Waals surface area contributed by atoms with E-state index in [1.807, 2.05) is 16.8 Å². The molecule has 0 saturated heterocycles. The van der Waals surface area contributed by atoms with Crippen molar-refractivity contribution in [1.29, 1.82) is 0 Å². The van der Waals surface area contributed by atoms with Gasteiger partial charge < -0.3 is 5.32 Å². The highest BCUT2D eigenvalue weighted by molar-refractivity contribution is 5.49. The fourth-order valence-corrected chi connectivity index (χ4v) is 2.05. The molecule has 84 valence electrons. The van der Waals surface area contributed by atoms with Gasteiger partial charge in [0.1, 0.15) is 0 Å². The number of hydrogen-bond acceptors (Lipinski definition) is 3. The van der Waals surface area contributed by atoms with E-state index < -0.39 is 0 Å². The van der Waals surface area contributed by atoms with Crippen LogP contribution < -0.4 is 5.32 Å². The molecule has 4 nitrogen and oxygen atoms in total. The normalized spacial score (nSPS) is 16.3. The van der Waals surface area contributed by atoms with Crippen LogP contribution in [-0.4, -0.2) is 21.1 Å². The highest BCUT2D eigenvalue weighted by Crippen LogP contribution is 2.26. The lowest BCUT2D eigenvalue weighted by Gasteiger charge is -2.24. The number of aromatic nitrogens is 3. The van der Waals surface area contributed by atoms with Gasteiger partial charge in [0.05, 0.1) is 0 Å². The van der Waals surface area contributed by atoms with Crippen LogP contribution in [0.4, 0.5) is 5.95 Å². The summed E-state index contributed by atoms with van der Waals surface area (Å²) in [5.41, 5.74) is 2.10. The number of nitrogens with zero attached hydrogens (tertiary/aromatic N) is 3. The van der Waals surface area contributed by atoms with Gasteiger partial charge in [0, 0.05) is 12.7 Å². The first-order valence-corrected chi connectivity index (χ1v) is 5.89. The zero-order chi connectivity index (χ0) is 11.0. The van der Waals surface area contributed by atoms with Crippen molar-refractivity contribution in [3.8, 4) is 0 Å². The average molecular weight is 216 g/mol. The number of pyridine rings is 1. The molecule has 0 amide bonds. The fraction of sp³-hybridized carbons (Fsp3) is 0.500. The van der Waals surface area contributed by atoms with Gasteiger partial charge in [-0.05, 0) is 37.3 Å². The molecule has 1 saturated carbocycles. The third kappa shape index (κ3) is 1.64. The summed E-state index contributed by atoms with van der Waals surface area (Å²) < 4.78 is 1.83. The molecule has 0 aliphatic heterocycles. The Bertz CT molecular complexity index is 499. The predicted molar refractivity (Wildman–Crippen MR) is 63.6 cm³/mol. The Hall–Kier alpha value is -1.58. The average Bonchev–Trinajstić information content (AvgIpc) is 2.60. The van der Waals surface area contributed by atoms with Gasteiger partial charge in [-0.1, -0.05) is 12.5 Å². The molecule has 0 unspecified atom stereocenters. The summed E-state index contributed by atoms with van der Waals surface area (Å²) in [6, 6.07) is 4.05. The van der Waals surface area contributed by atoms with Crippen molar-refractivity contribution in [3.63, 3.8) is 0 Å². The maximum Gasteiger partial charge on any atom is 0.243 e. The molecule has 1 fully saturated rings. The number of anilines is 1. The first kappa shape index (κ1) is 9.63. The van der Waals surface area contributed by atoms with E-state index in [0.29, 0.717) is 0 Å². The van der Waals surface area contributed by atoms with Crippen LogP contribution in [0.15, 0.2) is 18.3 Å². The molecule has 2 aromatic heterocycles. The smallest absolute Gasteiger partial charge is 0.243 e. The Balaban J connectivity index is 1.79. The predicted octanol–water partition coefficient (Wildman–Crippen LogP) is 2.25. The lowest BCUT2D eigenvalue weighted by atomic mass is 9.85. The van der Waals surface area contributed by atoms with Crippen molar-refractivity contribution in [3.05, 3.63) is 23.9 Å². The summed E-state index contributed by atoms with van der Waals surface area (Å²) in [5, 5.41) is 7.72. The van der Waals surface area contributed by atoms with E-state index in [0.717, 1.165) is 29.6 Å². The maximum atomic E-state index is 4.48. The van der Waals surface area contributed by atoms with Crippen molar-refractivity contribution in [2.45, 2.75) is 26.2 Å². The fourth-order valence-electron chi connectivity index (χ4n) is 2.05. The number of rotatable bonds is 3. The largest absolute Gasteiger partial charge is 0.353 e. The van der Waals surface area contributed by atoms with Crippen LogP contribution in [0.1, 0.15) is 24.8 Å². The van der Waals surface area contributed by atoms with Crippen LogP contribution in [-0.2, 0) is 0 Å². The molecular formula is C12H16N4. The minimum atomic E-state index is 0.751. The van der Waals surface area contributed by atoms with E-state index in [1.165, 1.54) is 19.3 Å². The van der Waals surface area contributed by atoms with E-state index in [9.17, 15) is 0 Å². The van der Waals surface area contributed by atoms with Gasteiger partial charge in [0.2, 0.25) is 5.95 Å². The lowest BCUT2D eigenvalue weighted by Crippen LogP contribution is -2.21. The number of aryl methyl sites for hydroxylation is 1. The maximum absolute atomic E-state index is 4.48. The summed E-state index contributed by atoms with van der Waals surface area (Å²) in [6.07, 6.45) is 6.01. The molecule has 1 aliphatic carbocycles. The zero-order valence-electron chi connectivity index (χ0n) is 9.48. The van der Waals surface area contributed by atoms with Crippen LogP contribution in [0, 0.1) is 12.8 Å². The van der Waals surface area contributed by atoms with Crippen molar-refractivity contribution < 1.29 is 0 Å². The van der Waals surface area contributed by atoms with Crippen molar-refractivity contribution in [2.75, 3.05) is 11.9 Å². The number of fused-ring (bicyclic) bond motifs is 1. The van der Waals surface area contributed by atoms with Gasteiger partial charge >= 0.3 is 0 Å². The third-order valence-corrected chi connectivity index (χ3v) is 3.33. The van der Waals surface area contributed by atoms with Crippen LogP contribution in [0.25, 0.3) is 5.65 Å². The standard InChI is InChI=1S/C12H16N4/c1-9-4-3-7-16-11(9)14-12(15-16)13-8-10-5-2-6-10/h3-4,7,10H,2,5-6,8H2,1H3,(H,13,15). The molecule has 3 rings (SSSR count). The Kier molecular flexibility index (Phi) is 2.27. The Morgan fingerprint density at radius 1 is 1.50 bits per heavy atom. The Labute approximate surface area is 94.7 Å². The van der Waals surface area contributed by atoms with Crippen LogP contribution in [0.2, 0.25) is 0 Å². The Morgan fingerprint density at radius 3 is 3.06 bits per heavy atom. The van der Waals surface area contributed by atoms with Crippen LogP contribution >= 0.6 is 0 Å². The van der Waals surface area contributed by atoms with Gasteiger partial charge in [-0.2, -0.15) is 4.98 Å². The van der Waals surface area contributed by atoms with E-state index in [-0.39, 0.29) is 0 Å². The van der Waals surface area contributed by atoms with Crippen molar-refractivity contribution >= 4 is 11.6 Å². The second-order valence-electron chi connectivity index (χ2n) is 4.57. The molecule has 2 aromatic rings. The van der Waals surface area contributed by atoms with Crippen molar-refractivity contribution in [1.82, 2.24) is 14.6 Å². The lowest BCUT2D eigenvalue weighted by molar-refractivity contribution is 0.333. The molecule has 0 atom stereocenters. The summed E-state index contributed by atoms with van der Waals surface area (Å²) >= 11 is 0. The highest BCUT2D eigenvalue weighted by Gasteiger charge is 2.17. The molecule has 4 heteroatoms. The topological polar surface area (TPSA) is 42.2 Å². The van der Waals surface area contributed by atoms with Gasteiger partial charge in [-0.3, -0.25) is 0 Å². The second kappa shape index (κ2) is 3.77. The van der Waals surface area contributed by atoms with Gasteiger partial charge in [-0.15, -0.1) is 5.10 Å². The molecule has 0 aromatic carbocycles. The third-order valence-electron chi connectivity index (χ3n) is 3.33. The van der Waals surface area contributed by atoms with E-state index in [4.69, 9.17) is 0 Å². The van der Waals surface area contributed by atoms with E-state index in [1.54, 1.807) is 0 Å². The minimum absolute atomic E-state index is 0.751. The van der Waals surface area contributed by atoms with Gasteiger partial charge in [0.15, 0.2) is 5.65 Å². The molecular weight excluding hydrogens is 200 g/mol. The molecule has 0 bridgehead atoms. The molecule has 1 aliphatic rings. The Morgan fingerprint density at radius 2 is 2.38 bits per heavy atom. The van der Waals surface area contributed by atoms with Crippen LogP contribution in [0.3, 0.4) is 0 Å². The first-order chi connectivity index (χ1) is 7.83. The molecule has 0 radical (unpaired) electrons. The second-order valence-corrected chi connectivity index (χ2v) is 4.57. The SMILES string of the molecule is Cc1cccn2nc(NCC3CCC3)nc12. The monoisotopic (exact) mass is 216 g/mol. The number of hydrogen-bond donors (Lipinski definition) is 1. The summed E-state index contributed by atoms with van der Waals surface area (Å²) in [7, 11) is 0. The van der Waals surface area contributed by atoms with E-state index >= 15 is 0 Å². The molecule has 16 heavy (non-hydrogen) atoms. The van der Waals surface area contributed by atoms with Crippen molar-refractivity contribution in [2.24, 2.45) is 5.92 Å². The summed E-state index contributed by atoms with van der Waals surface area (Å²) in [4.78, 5) is 4.48. The highest BCUT2D eigenvalue weighted by atomic mass is 15.3. The summed E-state index contributed by atoms with van der Waals surface area (Å²) in [6.45, 7) is 3.07. The van der Waals surface area contributed by atoms with E-state index in [2.05, 4.69) is 28.4 Å².